The van der Waals surface area contributed by atoms with Crippen LogP contribution in [-0.2, 0) is 19.7 Å². The molecule has 0 aliphatic heterocycles. The summed E-state index contributed by atoms with van der Waals surface area (Å²) < 4.78 is 5.57. The second kappa shape index (κ2) is 7.36. The van der Waals surface area contributed by atoms with Crippen molar-refractivity contribution in [1.82, 2.24) is 0 Å². The fraction of sp³-hybridized carbons (Fsp3) is 0.560. The number of hydrogen-bond donors (Lipinski definition) is 2. The molecule has 5 nitrogen and oxygen atoms in total. The smallest absolute Gasteiger partial charge is 0.312 e. The molecular weight excluding hydrogens is 378 g/mol. The summed E-state index contributed by atoms with van der Waals surface area (Å²) in [7, 11) is 0. The van der Waals surface area contributed by atoms with Gasteiger partial charge in [0.05, 0.1) is 11.0 Å². The van der Waals surface area contributed by atoms with Crippen molar-refractivity contribution in [2.24, 2.45) is 17.3 Å². The number of aryl methyl sites for hydroxylation is 1. The van der Waals surface area contributed by atoms with Gasteiger partial charge in [0, 0.05) is 5.71 Å². The topological polar surface area (TPSA) is 87.5 Å². The molecule has 1 aromatic rings. The number of rotatable bonds is 6. The number of allylic oxidation sites excluding steroid dienone is 1. The molecule has 5 rings (SSSR count). The van der Waals surface area contributed by atoms with Crippen LogP contribution in [0, 0.1) is 29.6 Å². The van der Waals surface area contributed by atoms with Gasteiger partial charge in [0.25, 0.3) is 0 Å². The summed E-state index contributed by atoms with van der Waals surface area (Å²) in [6.07, 6.45) is 5.95. The summed E-state index contributed by atoms with van der Waals surface area (Å²) in [6, 6.07) is 8.76. The minimum atomic E-state index is -0.509. The molecule has 2 N–H and O–H groups in total. The van der Waals surface area contributed by atoms with Crippen LogP contribution < -0.4 is 0 Å². The Balaban J connectivity index is 1.57. The van der Waals surface area contributed by atoms with Crippen LogP contribution in [0.15, 0.2) is 35.6 Å². The lowest BCUT2D eigenvalue weighted by Gasteiger charge is -2.61. The van der Waals surface area contributed by atoms with Crippen molar-refractivity contribution in [2.75, 3.05) is 6.61 Å². The predicted octanol–water partition coefficient (Wildman–Crippen LogP) is 4.82. The van der Waals surface area contributed by atoms with E-state index in [9.17, 15) is 14.7 Å². The number of Topliss-reactive ketones (excluding diaryl/α,β-unsaturated/α-hetero) is 1. The third-order valence-corrected chi connectivity index (χ3v) is 7.51. The monoisotopic (exact) mass is 409 g/mol. The minimum Gasteiger partial charge on any atom is -0.508 e. The zero-order valence-electron chi connectivity index (χ0n) is 18.1. The summed E-state index contributed by atoms with van der Waals surface area (Å²) in [5, 5.41) is 18.0. The lowest BCUT2D eigenvalue weighted by atomic mass is 9.43. The molecule has 4 bridgehead atoms. The van der Waals surface area contributed by atoms with Gasteiger partial charge in [-0.05, 0) is 82.1 Å². The SMILES string of the molecule is CC(=N)/C(C(C)=O)=C(/O)COC(=O)C12CC3CC(C1)CC(c1ccc(C)cc1)(C3)C2. The van der Waals surface area contributed by atoms with Gasteiger partial charge in [0.2, 0.25) is 0 Å². The van der Waals surface area contributed by atoms with Gasteiger partial charge in [0.1, 0.15) is 12.4 Å². The molecule has 2 atom stereocenters. The molecule has 0 spiro atoms. The summed E-state index contributed by atoms with van der Waals surface area (Å²) in [4.78, 5) is 25.0. The second-order valence-electron chi connectivity index (χ2n) is 9.97. The number of benzene rings is 1. The molecule has 0 saturated heterocycles. The molecule has 4 fully saturated rings. The van der Waals surface area contributed by atoms with E-state index in [1.54, 1.807) is 0 Å². The fourth-order valence-corrected chi connectivity index (χ4v) is 6.79. The van der Waals surface area contributed by atoms with Crippen LogP contribution in [0.3, 0.4) is 0 Å². The highest BCUT2D eigenvalue weighted by Gasteiger charge is 2.61. The molecule has 0 radical (unpaired) electrons. The number of carbonyl (C=O) groups excluding carboxylic acids is 2. The van der Waals surface area contributed by atoms with Gasteiger partial charge < -0.3 is 15.3 Å². The Labute approximate surface area is 178 Å². The average molecular weight is 410 g/mol. The van der Waals surface area contributed by atoms with E-state index < -0.39 is 11.2 Å². The van der Waals surface area contributed by atoms with Gasteiger partial charge >= 0.3 is 5.97 Å². The van der Waals surface area contributed by atoms with Crippen molar-refractivity contribution in [3.63, 3.8) is 0 Å². The highest BCUT2D eigenvalue weighted by Crippen LogP contribution is 2.66. The third-order valence-electron chi connectivity index (χ3n) is 7.51. The Hall–Kier alpha value is -2.43. The third kappa shape index (κ3) is 3.48. The second-order valence-corrected chi connectivity index (χ2v) is 9.97. The molecule has 5 heteroatoms. The van der Waals surface area contributed by atoms with Crippen molar-refractivity contribution < 1.29 is 19.4 Å². The largest absolute Gasteiger partial charge is 0.508 e. The van der Waals surface area contributed by atoms with E-state index >= 15 is 0 Å². The number of ether oxygens (including phenoxy) is 1. The van der Waals surface area contributed by atoms with Gasteiger partial charge in [-0.15, -0.1) is 0 Å². The molecular formula is C25H31NO4. The Bertz CT molecular complexity index is 897. The number of aliphatic hydroxyl groups excluding tert-OH is 1. The predicted molar refractivity (Wildman–Crippen MR) is 115 cm³/mol. The van der Waals surface area contributed by atoms with Crippen LogP contribution in [0.1, 0.15) is 63.5 Å². The number of carbonyl (C=O) groups is 2. The highest BCUT2D eigenvalue weighted by molar-refractivity contribution is 6.19. The van der Waals surface area contributed by atoms with Gasteiger partial charge in [-0.1, -0.05) is 29.8 Å². The lowest BCUT2D eigenvalue weighted by Crippen LogP contribution is -2.57. The number of esters is 1. The molecule has 1 aromatic carbocycles. The zero-order valence-corrected chi connectivity index (χ0v) is 18.1. The summed E-state index contributed by atoms with van der Waals surface area (Å²) in [5.74, 6) is 0.0670. The molecule has 160 valence electrons. The first-order valence-electron chi connectivity index (χ1n) is 10.9. The summed E-state index contributed by atoms with van der Waals surface area (Å²) in [6.45, 7) is 4.49. The van der Waals surface area contributed by atoms with Crippen molar-refractivity contribution >= 4 is 17.5 Å². The maximum atomic E-state index is 13.3. The number of ketones is 1. The summed E-state index contributed by atoms with van der Waals surface area (Å²) >= 11 is 0. The average Bonchev–Trinajstić information content (AvgIpc) is 2.64. The first-order chi connectivity index (χ1) is 14.1. The Morgan fingerprint density at radius 1 is 1.10 bits per heavy atom. The molecule has 0 heterocycles. The maximum Gasteiger partial charge on any atom is 0.312 e. The van der Waals surface area contributed by atoms with E-state index in [1.165, 1.54) is 31.4 Å². The van der Waals surface area contributed by atoms with E-state index in [0.717, 1.165) is 32.1 Å². The van der Waals surface area contributed by atoms with E-state index in [-0.39, 0.29) is 35.0 Å². The van der Waals surface area contributed by atoms with Gasteiger partial charge in [0.15, 0.2) is 5.78 Å². The molecule has 2 unspecified atom stereocenters. The zero-order chi connectivity index (χ0) is 21.7. The van der Waals surface area contributed by atoms with E-state index in [2.05, 4.69) is 31.2 Å². The van der Waals surface area contributed by atoms with Gasteiger partial charge in [-0.2, -0.15) is 0 Å². The van der Waals surface area contributed by atoms with E-state index in [0.29, 0.717) is 11.8 Å². The molecule has 0 amide bonds. The van der Waals surface area contributed by atoms with Gasteiger partial charge in [-0.3, -0.25) is 9.59 Å². The molecule has 4 aliphatic rings. The first kappa shape index (κ1) is 20.8. The normalized spacial score (nSPS) is 32.5. The van der Waals surface area contributed by atoms with Crippen molar-refractivity contribution in [1.29, 1.82) is 5.41 Å². The standard InChI is InChI=1S/C25H31NO4/c1-15-4-6-20(7-5-15)24-9-18-8-19(10-24)12-25(11-18,14-24)23(29)30-13-21(28)22(16(2)26)17(3)27/h4-7,18-19,26,28H,8-14H2,1-3H3/b22-21-,26-16?. The van der Waals surface area contributed by atoms with Crippen LogP contribution in [0.2, 0.25) is 0 Å². The molecule has 0 aromatic heterocycles. The molecule has 30 heavy (non-hydrogen) atoms. The van der Waals surface area contributed by atoms with Crippen molar-refractivity contribution in [3.05, 3.63) is 46.7 Å². The summed E-state index contributed by atoms with van der Waals surface area (Å²) in [5.41, 5.74) is 2.01. The number of aliphatic hydroxyl groups is 1. The lowest BCUT2D eigenvalue weighted by molar-refractivity contribution is -0.173. The maximum absolute atomic E-state index is 13.3. The van der Waals surface area contributed by atoms with E-state index in [1.807, 2.05) is 0 Å². The Morgan fingerprint density at radius 2 is 1.70 bits per heavy atom. The Kier molecular flexibility index (Phi) is 5.11. The van der Waals surface area contributed by atoms with Gasteiger partial charge in [-0.25, -0.2) is 0 Å². The van der Waals surface area contributed by atoms with Crippen molar-refractivity contribution in [3.8, 4) is 0 Å². The minimum absolute atomic E-state index is 0.0239. The van der Waals surface area contributed by atoms with Crippen LogP contribution in [-0.4, -0.2) is 29.2 Å². The van der Waals surface area contributed by atoms with Crippen LogP contribution in [0.4, 0.5) is 0 Å². The van der Waals surface area contributed by atoms with Crippen LogP contribution in [0.5, 0.6) is 0 Å². The number of hydrogen-bond acceptors (Lipinski definition) is 5. The van der Waals surface area contributed by atoms with Crippen molar-refractivity contribution in [2.45, 2.75) is 64.7 Å². The van der Waals surface area contributed by atoms with E-state index in [4.69, 9.17) is 10.1 Å². The first-order valence-corrected chi connectivity index (χ1v) is 10.9. The Morgan fingerprint density at radius 3 is 2.23 bits per heavy atom. The van der Waals surface area contributed by atoms with Crippen LogP contribution in [0.25, 0.3) is 0 Å². The van der Waals surface area contributed by atoms with Crippen LogP contribution >= 0.6 is 0 Å². The highest BCUT2D eigenvalue weighted by atomic mass is 16.5. The molecule has 4 saturated carbocycles. The fourth-order valence-electron chi connectivity index (χ4n) is 6.79. The quantitative estimate of drug-likeness (QED) is 0.305. The number of nitrogens with one attached hydrogen (secondary N) is 1. The molecule has 4 aliphatic carbocycles.